The van der Waals surface area contributed by atoms with E-state index in [4.69, 9.17) is 0 Å². The smallest absolute Gasteiger partial charge is 0.0626 e. The fourth-order valence-corrected chi connectivity index (χ4v) is 0. The molecule has 0 aliphatic carbocycles. The third kappa shape index (κ3) is 12.8. The molecule has 0 aromatic heterocycles. The molecule has 4 heteroatoms. The van der Waals surface area contributed by atoms with Crippen molar-refractivity contribution in [2.75, 3.05) is 0 Å². The first-order chi connectivity index (χ1) is 0. The van der Waals surface area contributed by atoms with E-state index in [9.17, 15) is 0 Å². The molecule has 25 valence electrons. The van der Waals surface area contributed by atoms with Crippen molar-refractivity contribution < 1.29 is 21.7 Å². The Kier molecular flexibility index (Phi) is 908. The third-order valence-electron chi connectivity index (χ3n) is 0. The van der Waals surface area contributed by atoms with Crippen molar-refractivity contribution in [2.24, 2.45) is 0 Å². The van der Waals surface area contributed by atoms with Crippen LogP contribution in [0.4, 0.5) is 0 Å². The maximum atomic E-state index is 0. The second-order valence-electron chi connectivity index (χ2n) is 0. The molecule has 0 saturated heterocycles. The summed E-state index contributed by atoms with van der Waals surface area (Å²) in [6, 6.07) is 0. The summed E-state index contributed by atoms with van der Waals surface area (Å²) in [5, 5.41) is 0. The Labute approximate surface area is 47.3 Å². The van der Waals surface area contributed by atoms with Gasteiger partial charge in [-0.05, 0) is 0 Å². The molecule has 0 aromatic rings. The van der Waals surface area contributed by atoms with Gasteiger partial charge in [0, 0.05) is 0 Å². The molecule has 0 rings (SSSR count). The van der Waals surface area contributed by atoms with E-state index < -0.39 is 0 Å². The molecule has 0 bridgehead atoms. The van der Waals surface area contributed by atoms with Gasteiger partial charge < -0.3 is 0 Å². The fourth-order valence-electron chi connectivity index (χ4n) is 0. The summed E-state index contributed by atoms with van der Waals surface area (Å²) in [4.78, 5) is 0. The van der Waals surface area contributed by atoms with E-state index in [1.807, 2.05) is 0 Å². The van der Waals surface area contributed by atoms with Crippen LogP contribution in [0.1, 0.15) is 0 Å². The zero-order chi connectivity index (χ0) is 0. The Hall–Kier alpha value is 0.909. The maximum Gasteiger partial charge on any atom is 3.00 e. The number of hydrogen-bond acceptors (Lipinski definition) is 0. The normalized spacial score (nSPS) is 0. The molecule has 0 aromatic carbocycles. The molecule has 4 heavy (non-hydrogen) atoms. The molecule has 0 N–H and O–H groups in total. The van der Waals surface area contributed by atoms with Crippen LogP contribution in [0.25, 0.3) is 0 Å². The SMILES string of the molecule is [BH4-].[BH4-].[BH4-].[Ti+3]. The van der Waals surface area contributed by atoms with Crippen LogP contribution in [0.15, 0.2) is 0 Å². The molecule has 1 radical (unpaired) electrons. The van der Waals surface area contributed by atoms with Crippen molar-refractivity contribution in [2.45, 2.75) is 0 Å². The summed E-state index contributed by atoms with van der Waals surface area (Å²) < 4.78 is 0. The molecule has 0 aliphatic heterocycles. The van der Waals surface area contributed by atoms with E-state index in [0.717, 1.165) is 0 Å². The molecule has 0 atom stereocenters. The molecular formula is H12B3Ti. The van der Waals surface area contributed by atoms with Crippen molar-refractivity contribution in [1.82, 2.24) is 0 Å². The average molecular weight is 92.4 g/mol. The minimum Gasteiger partial charge on any atom is -0.0626 e. The van der Waals surface area contributed by atoms with E-state index in [2.05, 4.69) is 0 Å². The van der Waals surface area contributed by atoms with Gasteiger partial charge in [-0.3, -0.25) is 0 Å². The van der Waals surface area contributed by atoms with Crippen molar-refractivity contribution >= 4 is 25.2 Å². The average Bonchev–Trinajstić information content (AvgIpc) is 0. The second-order valence-corrected chi connectivity index (χ2v) is 0. The van der Waals surface area contributed by atoms with Crippen LogP contribution in [-0.2, 0) is 21.7 Å². The fraction of sp³-hybridized carbons (Fsp3) is 0. The molecule has 0 aliphatic rings. The zero-order valence-electron chi connectivity index (χ0n) is 0.500. The molecule has 0 nitrogen and oxygen atoms in total. The summed E-state index contributed by atoms with van der Waals surface area (Å²) in [6.07, 6.45) is 0. The van der Waals surface area contributed by atoms with Crippen LogP contribution >= 0.6 is 0 Å². The Morgan fingerprint density at radius 3 is 0.500 bits per heavy atom. The monoisotopic (exact) mass is 93.1 g/mol. The van der Waals surface area contributed by atoms with Gasteiger partial charge in [0.1, 0.15) is 0 Å². The van der Waals surface area contributed by atoms with Crippen LogP contribution < -0.4 is 0 Å². The van der Waals surface area contributed by atoms with Gasteiger partial charge in [0.2, 0.25) is 0 Å². The maximum absolute atomic E-state index is 0. The van der Waals surface area contributed by atoms with Crippen LogP contribution in [0.2, 0.25) is 0 Å². The summed E-state index contributed by atoms with van der Waals surface area (Å²) >= 11 is 0. The van der Waals surface area contributed by atoms with Crippen LogP contribution in [-0.4, -0.2) is 25.2 Å². The Balaban J connectivity index is 0. The Bertz CT molecular complexity index is 3.25. The van der Waals surface area contributed by atoms with E-state index in [0.29, 0.717) is 0 Å². The van der Waals surface area contributed by atoms with Crippen molar-refractivity contribution in [3.8, 4) is 0 Å². The van der Waals surface area contributed by atoms with Gasteiger partial charge in [0.05, 0.1) is 0 Å². The molecule has 0 unspecified atom stereocenters. The van der Waals surface area contributed by atoms with Crippen molar-refractivity contribution in [1.29, 1.82) is 0 Å². The molecular weight excluding hydrogens is 80.3 g/mol. The van der Waals surface area contributed by atoms with E-state index in [-0.39, 0.29) is 47.0 Å². The van der Waals surface area contributed by atoms with Gasteiger partial charge in [-0.2, -0.15) is 0 Å². The molecule has 0 spiro atoms. The van der Waals surface area contributed by atoms with Crippen LogP contribution in [0.3, 0.4) is 0 Å². The molecule has 0 saturated carbocycles. The summed E-state index contributed by atoms with van der Waals surface area (Å²) in [6.45, 7) is 0. The minimum atomic E-state index is 0. The van der Waals surface area contributed by atoms with Gasteiger partial charge in [-0.1, -0.05) is 25.2 Å². The number of hydrogen-bond donors (Lipinski definition) is 0. The van der Waals surface area contributed by atoms with Crippen molar-refractivity contribution in [3.63, 3.8) is 0 Å². The summed E-state index contributed by atoms with van der Waals surface area (Å²) in [5.74, 6) is 0. The van der Waals surface area contributed by atoms with Crippen LogP contribution in [0, 0.1) is 0 Å². The van der Waals surface area contributed by atoms with Gasteiger partial charge in [-0.15, -0.1) is 0 Å². The van der Waals surface area contributed by atoms with E-state index in [1.54, 1.807) is 0 Å². The predicted octanol–water partition coefficient (Wildman–Crippen LogP) is -4.36. The molecule has 0 heterocycles. The first-order valence-corrected chi connectivity index (χ1v) is 0. The first-order valence-electron chi connectivity index (χ1n) is 0. The molecule has 0 fully saturated rings. The second kappa shape index (κ2) is 40.0. The minimum absolute atomic E-state index is 0. The Morgan fingerprint density at radius 2 is 0.500 bits per heavy atom. The van der Waals surface area contributed by atoms with Gasteiger partial charge in [0.25, 0.3) is 0 Å². The first kappa shape index (κ1) is 90.8. The van der Waals surface area contributed by atoms with E-state index in [1.165, 1.54) is 0 Å². The Morgan fingerprint density at radius 1 is 0.500 bits per heavy atom. The summed E-state index contributed by atoms with van der Waals surface area (Å²) in [5.41, 5.74) is 0. The zero-order valence-corrected chi connectivity index (χ0v) is 2.06. The largest absolute Gasteiger partial charge is 3.00 e. The molecule has 0 amide bonds. The predicted molar refractivity (Wildman–Crippen MR) is 34.0 cm³/mol. The van der Waals surface area contributed by atoms with Gasteiger partial charge in [0.15, 0.2) is 0 Å². The third-order valence-corrected chi connectivity index (χ3v) is 0. The van der Waals surface area contributed by atoms with Gasteiger partial charge >= 0.3 is 21.7 Å². The topological polar surface area (TPSA) is 0 Å². The van der Waals surface area contributed by atoms with Crippen LogP contribution in [0.5, 0.6) is 0 Å². The van der Waals surface area contributed by atoms with Gasteiger partial charge in [-0.25, -0.2) is 0 Å². The van der Waals surface area contributed by atoms with Crippen molar-refractivity contribution in [3.05, 3.63) is 0 Å². The van der Waals surface area contributed by atoms with E-state index >= 15 is 0 Å². The standard InChI is InChI=1S/3BH4.Ti/h3*1H4;/q3*-1;+3. The number of rotatable bonds is 0. The summed E-state index contributed by atoms with van der Waals surface area (Å²) in [7, 11) is 0. The quantitative estimate of drug-likeness (QED) is 0.265.